The molecule has 1 heterocycles. The first kappa shape index (κ1) is 19.5. The van der Waals surface area contributed by atoms with E-state index in [-0.39, 0.29) is 23.7 Å². The van der Waals surface area contributed by atoms with E-state index in [1.807, 2.05) is 24.3 Å². The van der Waals surface area contributed by atoms with E-state index in [0.29, 0.717) is 17.2 Å². The van der Waals surface area contributed by atoms with Gasteiger partial charge >= 0.3 is 0 Å². The molecule has 0 radical (unpaired) electrons. The third kappa shape index (κ3) is 4.74. The van der Waals surface area contributed by atoms with Crippen LogP contribution in [0.3, 0.4) is 0 Å². The summed E-state index contributed by atoms with van der Waals surface area (Å²) in [5.41, 5.74) is 1.93. The lowest BCUT2D eigenvalue weighted by Crippen LogP contribution is -2.11. The van der Waals surface area contributed by atoms with Crippen LogP contribution in [0.25, 0.3) is 0 Å². The summed E-state index contributed by atoms with van der Waals surface area (Å²) in [6, 6.07) is 18.6. The molecule has 0 spiro atoms. The van der Waals surface area contributed by atoms with Gasteiger partial charge in [-0.2, -0.15) is 0 Å². The number of nitrogens with one attached hydrogen (secondary N) is 1. The summed E-state index contributed by atoms with van der Waals surface area (Å²) in [5.74, 6) is 1.79. The molecule has 1 N–H and O–H groups in total. The van der Waals surface area contributed by atoms with E-state index < -0.39 is 0 Å². The molecule has 0 fully saturated rings. The highest BCUT2D eigenvalue weighted by atomic mass is 16.5. The number of rotatable bonds is 6. The molecule has 28 heavy (non-hydrogen) atoms. The van der Waals surface area contributed by atoms with Crippen molar-refractivity contribution in [1.29, 1.82) is 0 Å². The highest BCUT2D eigenvalue weighted by Crippen LogP contribution is 2.26. The van der Waals surface area contributed by atoms with Gasteiger partial charge in [0.25, 0.3) is 5.91 Å². The second-order valence-electron chi connectivity index (χ2n) is 7.48. The zero-order chi connectivity index (χ0) is 20.1. The minimum Gasteiger partial charge on any atom is -0.495 e. The number of carbonyl (C=O) groups excluding carboxylic acids is 1. The molecule has 3 aromatic rings. The van der Waals surface area contributed by atoms with Crippen molar-refractivity contribution in [2.45, 2.75) is 32.8 Å². The van der Waals surface area contributed by atoms with E-state index in [0.717, 1.165) is 5.75 Å². The number of para-hydroxylation sites is 2. The van der Waals surface area contributed by atoms with Crippen LogP contribution in [0.2, 0.25) is 0 Å². The Morgan fingerprint density at radius 3 is 2.39 bits per heavy atom. The van der Waals surface area contributed by atoms with Crippen LogP contribution in [0.15, 0.2) is 65.1 Å². The van der Waals surface area contributed by atoms with Gasteiger partial charge in [0.2, 0.25) is 0 Å². The van der Waals surface area contributed by atoms with E-state index in [1.54, 1.807) is 31.4 Å². The van der Waals surface area contributed by atoms with Crippen LogP contribution in [-0.2, 0) is 12.0 Å². The topological polar surface area (TPSA) is 60.7 Å². The molecule has 0 bridgehead atoms. The number of hydrogen-bond donors (Lipinski definition) is 1. The van der Waals surface area contributed by atoms with Gasteiger partial charge in [0.05, 0.1) is 12.8 Å². The third-order valence-electron chi connectivity index (χ3n) is 4.34. The Labute approximate surface area is 165 Å². The largest absolute Gasteiger partial charge is 0.495 e. The number of amides is 1. The second-order valence-corrected chi connectivity index (χ2v) is 7.48. The van der Waals surface area contributed by atoms with Crippen molar-refractivity contribution in [2.75, 3.05) is 12.4 Å². The summed E-state index contributed by atoms with van der Waals surface area (Å²) in [7, 11) is 1.56. The van der Waals surface area contributed by atoms with Crippen molar-refractivity contribution in [1.82, 2.24) is 0 Å². The Balaban J connectivity index is 1.60. The van der Waals surface area contributed by atoms with Gasteiger partial charge in [0, 0.05) is 0 Å². The molecule has 5 nitrogen and oxygen atoms in total. The summed E-state index contributed by atoms with van der Waals surface area (Å²) < 4.78 is 16.6. The van der Waals surface area contributed by atoms with Gasteiger partial charge < -0.3 is 19.2 Å². The Bertz CT molecular complexity index is 936. The van der Waals surface area contributed by atoms with Gasteiger partial charge in [0.1, 0.15) is 23.9 Å². The Hall–Kier alpha value is -3.21. The first-order chi connectivity index (χ1) is 13.4. The molecular weight excluding hydrogens is 354 g/mol. The second kappa shape index (κ2) is 8.21. The van der Waals surface area contributed by atoms with Crippen LogP contribution < -0.4 is 14.8 Å². The maximum Gasteiger partial charge on any atom is 0.291 e. The Morgan fingerprint density at radius 1 is 1.00 bits per heavy atom. The standard InChI is InChI=1S/C23H25NO4/c1-23(2,3)16-9-11-17(12-10-16)27-15-18-13-14-21(28-18)22(25)24-19-7-5-6-8-20(19)26-4/h5-14H,15H2,1-4H3,(H,24,25). The maximum atomic E-state index is 12.4. The van der Waals surface area contributed by atoms with Crippen LogP contribution in [0.1, 0.15) is 42.6 Å². The molecule has 1 aromatic heterocycles. The van der Waals surface area contributed by atoms with Gasteiger partial charge in [-0.25, -0.2) is 0 Å². The van der Waals surface area contributed by atoms with Crippen LogP contribution in [0, 0.1) is 0 Å². The van der Waals surface area contributed by atoms with E-state index in [9.17, 15) is 4.79 Å². The fraction of sp³-hybridized carbons (Fsp3) is 0.261. The number of hydrogen-bond acceptors (Lipinski definition) is 4. The first-order valence-corrected chi connectivity index (χ1v) is 9.13. The fourth-order valence-corrected chi connectivity index (χ4v) is 2.71. The van der Waals surface area contributed by atoms with Gasteiger partial charge in [-0.3, -0.25) is 4.79 Å². The van der Waals surface area contributed by atoms with Crippen LogP contribution in [0.4, 0.5) is 5.69 Å². The van der Waals surface area contributed by atoms with Gasteiger partial charge in [-0.15, -0.1) is 0 Å². The molecule has 0 aliphatic rings. The predicted octanol–water partition coefficient (Wildman–Crippen LogP) is 5.42. The number of anilines is 1. The average molecular weight is 379 g/mol. The zero-order valence-electron chi connectivity index (χ0n) is 16.6. The lowest BCUT2D eigenvalue weighted by atomic mass is 9.87. The Morgan fingerprint density at radius 2 is 1.71 bits per heavy atom. The molecular formula is C23H25NO4. The molecule has 0 saturated heterocycles. The van der Waals surface area contributed by atoms with E-state index in [2.05, 4.69) is 38.2 Å². The molecule has 0 aliphatic heterocycles. The highest BCUT2D eigenvalue weighted by Gasteiger charge is 2.15. The number of benzene rings is 2. The molecule has 2 aromatic carbocycles. The number of methoxy groups -OCH3 is 1. The smallest absolute Gasteiger partial charge is 0.291 e. The maximum absolute atomic E-state index is 12.4. The van der Waals surface area contributed by atoms with E-state index in [4.69, 9.17) is 13.9 Å². The third-order valence-corrected chi connectivity index (χ3v) is 4.34. The minimum atomic E-state index is -0.342. The quantitative estimate of drug-likeness (QED) is 0.621. The van der Waals surface area contributed by atoms with Crippen LogP contribution in [0.5, 0.6) is 11.5 Å². The molecule has 0 aliphatic carbocycles. The monoisotopic (exact) mass is 379 g/mol. The molecule has 0 unspecified atom stereocenters. The summed E-state index contributed by atoms with van der Waals surface area (Å²) in [6.45, 7) is 6.76. The van der Waals surface area contributed by atoms with Crippen molar-refractivity contribution in [2.24, 2.45) is 0 Å². The molecule has 1 amide bonds. The van der Waals surface area contributed by atoms with Crippen LogP contribution in [-0.4, -0.2) is 13.0 Å². The van der Waals surface area contributed by atoms with Crippen molar-refractivity contribution in [3.8, 4) is 11.5 Å². The number of furan rings is 1. The van der Waals surface area contributed by atoms with Crippen molar-refractivity contribution in [3.63, 3.8) is 0 Å². The first-order valence-electron chi connectivity index (χ1n) is 9.13. The average Bonchev–Trinajstić information content (AvgIpc) is 3.16. The fourth-order valence-electron chi connectivity index (χ4n) is 2.71. The summed E-state index contributed by atoms with van der Waals surface area (Å²) in [5, 5.41) is 2.79. The van der Waals surface area contributed by atoms with E-state index in [1.165, 1.54) is 5.56 Å². The lowest BCUT2D eigenvalue weighted by Gasteiger charge is -2.19. The lowest BCUT2D eigenvalue weighted by molar-refractivity contribution is 0.0992. The van der Waals surface area contributed by atoms with Crippen molar-refractivity contribution < 1.29 is 18.7 Å². The summed E-state index contributed by atoms with van der Waals surface area (Å²) in [4.78, 5) is 12.4. The summed E-state index contributed by atoms with van der Waals surface area (Å²) >= 11 is 0. The molecule has 3 rings (SSSR count). The Kier molecular flexibility index (Phi) is 5.73. The molecule has 146 valence electrons. The van der Waals surface area contributed by atoms with Crippen LogP contribution >= 0.6 is 0 Å². The van der Waals surface area contributed by atoms with Gasteiger partial charge in [-0.05, 0) is 47.4 Å². The van der Waals surface area contributed by atoms with Crippen molar-refractivity contribution in [3.05, 3.63) is 77.7 Å². The molecule has 0 saturated carbocycles. The van der Waals surface area contributed by atoms with Crippen molar-refractivity contribution >= 4 is 11.6 Å². The number of carbonyl (C=O) groups is 1. The normalized spacial score (nSPS) is 11.1. The summed E-state index contributed by atoms with van der Waals surface area (Å²) in [6.07, 6.45) is 0. The van der Waals surface area contributed by atoms with Gasteiger partial charge in [-0.1, -0.05) is 45.0 Å². The number of ether oxygens (including phenoxy) is 2. The highest BCUT2D eigenvalue weighted by molar-refractivity contribution is 6.03. The minimum absolute atomic E-state index is 0.100. The predicted molar refractivity (Wildman–Crippen MR) is 109 cm³/mol. The van der Waals surface area contributed by atoms with Gasteiger partial charge in [0.15, 0.2) is 5.76 Å². The zero-order valence-corrected chi connectivity index (χ0v) is 16.6. The SMILES string of the molecule is COc1ccccc1NC(=O)c1ccc(COc2ccc(C(C)(C)C)cc2)o1. The molecule has 5 heteroatoms. The molecule has 0 atom stereocenters. The van der Waals surface area contributed by atoms with E-state index >= 15 is 0 Å².